The van der Waals surface area contributed by atoms with Crippen LogP contribution in [0.4, 0.5) is 0 Å². The van der Waals surface area contributed by atoms with Gasteiger partial charge in [-0.15, -0.1) is 0 Å². The highest BCUT2D eigenvalue weighted by molar-refractivity contribution is 5.87. The van der Waals surface area contributed by atoms with Gasteiger partial charge < -0.3 is 14.2 Å². The van der Waals surface area contributed by atoms with Crippen molar-refractivity contribution in [3.05, 3.63) is 35.9 Å². The first-order valence-corrected chi connectivity index (χ1v) is 6.17. The lowest BCUT2D eigenvalue weighted by Gasteiger charge is -2.08. The van der Waals surface area contributed by atoms with E-state index in [1.165, 1.54) is 6.08 Å². The molecule has 1 aromatic carbocycles. The lowest BCUT2D eigenvalue weighted by molar-refractivity contribution is -0.138. The lowest BCUT2D eigenvalue weighted by Crippen LogP contribution is -2.11. The first kappa shape index (κ1) is 15.2. The zero-order chi connectivity index (χ0) is 14.1. The number of hydrogen-bond donors (Lipinski definition) is 0. The van der Waals surface area contributed by atoms with E-state index in [4.69, 9.17) is 14.2 Å². The Hall–Kier alpha value is -1.81. The Bertz CT molecular complexity index is 409. The van der Waals surface area contributed by atoms with E-state index in [1.807, 2.05) is 31.2 Å². The highest BCUT2D eigenvalue weighted by atomic mass is 16.5. The molecule has 0 amide bonds. The molecule has 0 spiro atoms. The van der Waals surface area contributed by atoms with Gasteiger partial charge in [0, 0.05) is 19.6 Å². The van der Waals surface area contributed by atoms with Gasteiger partial charge in [0.1, 0.15) is 5.75 Å². The standard InChI is InChI=1S/C15H20O4/c1-12(17-2)10-11-19-15(16)9-6-13-4-7-14(18-3)8-5-13/h4-9,12H,10-11H2,1-3H3. The van der Waals surface area contributed by atoms with Crippen LogP contribution in [0.15, 0.2) is 30.3 Å². The summed E-state index contributed by atoms with van der Waals surface area (Å²) in [5.41, 5.74) is 0.919. The number of hydrogen-bond acceptors (Lipinski definition) is 4. The second kappa shape index (κ2) is 8.32. The van der Waals surface area contributed by atoms with Crippen molar-refractivity contribution in [1.82, 2.24) is 0 Å². The van der Waals surface area contributed by atoms with Crippen molar-refractivity contribution in [1.29, 1.82) is 0 Å². The Balaban J connectivity index is 2.36. The van der Waals surface area contributed by atoms with Gasteiger partial charge in [-0.2, -0.15) is 0 Å². The molecule has 0 N–H and O–H groups in total. The van der Waals surface area contributed by atoms with Crippen molar-refractivity contribution >= 4 is 12.0 Å². The van der Waals surface area contributed by atoms with Crippen molar-refractivity contribution in [2.24, 2.45) is 0 Å². The molecular formula is C15H20O4. The lowest BCUT2D eigenvalue weighted by atomic mass is 10.2. The van der Waals surface area contributed by atoms with Gasteiger partial charge in [0.2, 0.25) is 0 Å². The van der Waals surface area contributed by atoms with Gasteiger partial charge in [0.05, 0.1) is 19.8 Å². The molecule has 1 unspecified atom stereocenters. The molecule has 1 rings (SSSR count). The molecule has 0 radical (unpaired) electrons. The second-order valence-electron chi connectivity index (χ2n) is 4.11. The van der Waals surface area contributed by atoms with Crippen molar-refractivity contribution in [2.75, 3.05) is 20.8 Å². The van der Waals surface area contributed by atoms with Crippen molar-refractivity contribution in [3.8, 4) is 5.75 Å². The molecule has 0 bridgehead atoms. The summed E-state index contributed by atoms with van der Waals surface area (Å²) < 4.78 is 15.2. The number of carbonyl (C=O) groups excluding carboxylic acids is 1. The van der Waals surface area contributed by atoms with E-state index in [9.17, 15) is 4.79 Å². The Labute approximate surface area is 114 Å². The van der Waals surface area contributed by atoms with Crippen LogP contribution < -0.4 is 4.74 Å². The molecule has 1 atom stereocenters. The van der Waals surface area contributed by atoms with E-state index in [2.05, 4.69) is 0 Å². The number of methoxy groups -OCH3 is 2. The minimum atomic E-state index is -0.348. The third kappa shape index (κ3) is 6.06. The summed E-state index contributed by atoms with van der Waals surface area (Å²) in [4.78, 5) is 11.4. The molecular weight excluding hydrogens is 244 g/mol. The minimum absolute atomic E-state index is 0.0957. The van der Waals surface area contributed by atoms with Crippen molar-refractivity contribution < 1.29 is 19.0 Å². The molecule has 1 aromatic rings. The summed E-state index contributed by atoms with van der Waals surface area (Å²) in [6.07, 6.45) is 3.91. The van der Waals surface area contributed by atoms with Gasteiger partial charge in [-0.05, 0) is 30.7 Å². The zero-order valence-electron chi connectivity index (χ0n) is 11.6. The Morgan fingerprint density at radius 1 is 1.26 bits per heavy atom. The maximum atomic E-state index is 11.4. The van der Waals surface area contributed by atoms with Crippen LogP contribution >= 0.6 is 0 Å². The molecule has 0 heterocycles. The topological polar surface area (TPSA) is 44.8 Å². The van der Waals surface area contributed by atoms with Gasteiger partial charge in [-0.25, -0.2) is 4.79 Å². The van der Waals surface area contributed by atoms with Crippen LogP contribution in [0.5, 0.6) is 5.75 Å². The molecule has 4 nitrogen and oxygen atoms in total. The van der Waals surface area contributed by atoms with E-state index in [-0.39, 0.29) is 12.1 Å². The second-order valence-corrected chi connectivity index (χ2v) is 4.11. The quantitative estimate of drug-likeness (QED) is 0.561. The summed E-state index contributed by atoms with van der Waals surface area (Å²) in [5.74, 6) is 0.437. The minimum Gasteiger partial charge on any atom is -0.497 e. The molecule has 0 saturated carbocycles. The van der Waals surface area contributed by atoms with Crippen molar-refractivity contribution in [3.63, 3.8) is 0 Å². The van der Waals surface area contributed by atoms with Gasteiger partial charge in [-0.1, -0.05) is 12.1 Å². The van der Waals surface area contributed by atoms with Crippen LogP contribution in [0.1, 0.15) is 18.9 Å². The largest absolute Gasteiger partial charge is 0.497 e. The molecule has 104 valence electrons. The number of ether oxygens (including phenoxy) is 3. The zero-order valence-corrected chi connectivity index (χ0v) is 11.6. The number of carbonyl (C=O) groups is 1. The SMILES string of the molecule is COc1ccc(C=CC(=O)OCCC(C)OC)cc1. The van der Waals surface area contributed by atoms with Crippen LogP contribution in [0.3, 0.4) is 0 Å². The third-order valence-corrected chi connectivity index (χ3v) is 2.70. The van der Waals surface area contributed by atoms with E-state index in [0.29, 0.717) is 13.0 Å². The van der Waals surface area contributed by atoms with Gasteiger partial charge >= 0.3 is 5.97 Å². The molecule has 0 fully saturated rings. The van der Waals surface area contributed by atoms with Crippen LogP contribution in [-0.4, -0.2) is 32.9 Å². The maximum Gasteiger partial charge on any atom is 0.330 e. The number of rotatable bonds is 7. The van der Waals surface area contributed by atoms with Crippen LogP contribution in [0.25, 0.3) is 6.08 Å². The summed E-state index contributed by atoms with van der Waals surface area (Å²) in [5, 5.41) is 0. The van der Waals surface area contributed by atoms with E-state index >= 15 is 0 Å². The smallest absolute Gasteiger partial charge is 0.330 e. The first-order valence-electron chi connectivity index (χ1n) is 6.17. The van der Waals surface area contributed by atoms with Crippen LogP contribution in [-0.2, 0) is 14.3 Å². The fourth-order valence-corrected chi connectivity index (χ4v) is 1.37. The van der Waals surface area contributed by atoms with Gasteiger partial charge in [0.15, 0.2) is 0 Å². The predicted octanol–water partition coefficient (Wildman–Crippen LogP) is 2.68. The fourth-order valence-electron chi connectivity index (χ4n) is 1.37. The van der Waals surface area contributed by atoms with Crippen molar-refractivity contribution in [2.45, 2.75) is 19.4 Å². The highest BCUT2D eigenvalue weighted by Crippen LogP contribution is 2.12. The van der Waals surface area contributed by atoms with E-state index in [1.54, 1.807) is 20.3 Å². The van der Waals surface area contributed by atoms with E-state index in [0.717, 1.165) is 11.3 Å². The fraction of sp³-hybridized carbons (Fsp3) is 0.400. The maximum absolute atomic E-state index is 11.4. The molecule has 0 saturated heterocycles. The highest BCUT2D eigenvalue weighted by Gasteiger charge is 2.01. The molecule has 0 aliphatic heterocycles. The average molecular weight is 264 g/mol. The Morgan fingerprint density at radius 2 is 1.95 bits per heavy atom. The van der Waals surface area contributed by atoms with Gasteiger partial charge in [0.25, 0.3) is 0 Å². The summed E-state index contributed by atoms with van der Waals surface area (Å²) >= 11 is 0. The normalized spacial score (nSPS) is 12.4. The molecule has 0 aliphatic carbocycles. The van der Waals surface area contributed by atoms with Crippen LogP contribution in [0.2, 0.25) is 0 Å². The summed E-state index contributed by atoms with van der Waals surface area (Å²) in [7, 11) is 3.25. The van der Waals surface area contributed by atoms with Gasteiger partial charge in [-0.3, -0.25) is 0 Å². The number of esters is 1. The van der Waals surface area contributed by atoms with Crippen LogP contribution in [0, 0.1) is 0 Å². The monoisotopic (exact) mass is 264 g/mol. The molecule has 0 aromatic heterocycles. The first-order chi connectivity index (χ1) is 9.15. The Kier molecular flexibility index (Phi) is 6.68. The average Bonchev–Trinajstić information content (AvgIpc) is 2.45. The number of benzene rings is 1. The third-order valence-electron chi connectivity index (χ3n) is 2.70. The molecule has 19 heavy (non-hydrogen) atoms. The summed E-state index contributed by atoms with van der Waals surface area (Å²) in [6.45, 7) is 2.29. The Morgan fingerprint density at radius 3 is 2.53 bits per heavy atom. The summed E-state index contributed by atoms with van der Waals surface area (Å²) in [6, 6.07) is 7.42. The molecule has 4 heteroatoms. The predicted molar refractivity (Wildman–Crippen MR) is 74.1 cm³/mol. The van der Waals surface area contributed by atoms with E-state index < -0.39 is 0 Å². The molecule has 0 aliphatic rings.